The molecule has 2 rings (SSSR count). The first-order valence-corrected chi connectivity index (χ1v) is 9.13. The molecule has 0 aliphatic heterocycles. The van der Waals surface area contributed by atoms with Gasteiger partial charge in [-0.1, -0.05) is 32.9 Å². The van der Waals surface area contributed by atoms with E-state index in [1.54, 1.807) is 6.08 Å². The van der Waals surface area contributed by atoms with Gasteiger partial charge in [-0.25, -0.2) is 4.79 Å². The van der Waals surface area contributed by atoms with Crippen LogP contribution in [0, 0.1) is 22.7 Å². The topological polar surface area (TPSA) is 43.4 Å². The van der Waals surface area contributed by atoms with E-state index >= 15 is 0 Å². The van der Waals surface area contributed by atoms with Gasteiger partial charge in [-0.15, -0.1) is 0 Å². The highest BCUT2D eigenvalue weighted by Crippen LogP contribution is 2.62. The number of fused-ring (bicyclic) bond motifs is 1. The van der Waals surface area contributed by atoms with E-state index in [-0.39, 0.29) is 22.6 Å². The number of carbonyl (C=O) groups excluding carboxylic acids is 2. The van der Waals surface area contributed by atoms with Crippen molar-refractivity contribution in [2.75, 3.05) is 7.11 Å². The van der Waals surface area contributed by atoms with Crippen LogP contribution < -0.4 is 0 Å². The first kappa shape index (κ1) is 19.0. The first-order chi connectivity index (χ1) is 11.1. The molecule has 0 aromatic rings. The molecule has 0 N–H and O–H groups in total. The van der Waals surface area contributed by atoms with Crippen molar-refractivity contribution in [2.24, 2.45) is 22.7 Å². The summed E-state index contributed by atoms with van der Waals surface area (Å²) in [5, 5.41) is 0. The minimum atomic E-state index is -0.282. The Hall–Kier alpha value is -1.38. The third kappa shape index (κ3) is 3.22. The molecule has 0 radical (unpaired) electrons. The molecule has 0 bridgehead atoms. The van der Waals surface area contributed by atoms with E-state index in [0.29, 0.717) is 18.3 Å². The highest BCUT2D eigenvalue weighted by Gasteiger charge is 2.55. The number of Topliss-reactive ketones (excluding diaryl/α,β-unsaturated/α-hetero) is 1. The third-order valence-electron chi connectivity index (χ3n) is 7.10. The molecule has 0 spiro atoms. The predicted molar refractivity (Wildman–Crippen MR) is 96.5 cm³/mol. The zero-order valence-corrected chi connectivity index (χ0v) is 15.9. The Kier molecular flexibility index (Phi) is 5.41. The summed E-state index contributed by atoms with van der Waals surface area (Å²) in [5.74, 6) is 1.08. The fourth-order valence-corrected chi connectivity index (χ4v) is 5.07. The van der Waals surface area contributed by atoms with E-state index < -0.39 is 0 Å². The molecule has 2 fully saturated rings. The summed E-state index contributed by atoms with van der Waals surface area (Å²) in [6.45, 7) is 13.1. The Balaban J connectivity index is 2.22. The Labute approximate surface area is 146 Å². The first-order valence-electron chi connectivity index (χ1n) is 9.13. The number of hydrogen-bond donors (Lipinski definition) is 0. The summed E-state index contributed by atoms with van der Waals surface area (Å²) in [5.41, 5.74) is 2.02. The number of ketones is 1. The van der Waals surface area contributed by atoms with Gasteiger partial charge in [0.05, 0.1) is 7.11 Å². The maximum atomic E-state index is 12.2. The molecule has 0 amide bonds. The molecule has 0 saturated heterocycles. The Bertz CT molecular complexity index is 574. The minimum Gasteiger partial charge on any atom is -0.466 e. The molecule has 134 valence electrons. The minimum absolute atomic E-state index is 0.0590. The second kappa shape index (κ2) is 6.85. The summed E-state index contributed by atoms with van der Waals surface area (Å²) < 4.78 is 4.72. The third-order valence-corrected chi connectivity index (χ3v) is 7.10. The van der Waals surface area contributed by atoms with Crippen LogP contribution in [0.2, 0.25) is 0 Å². The molecule has 3 heteroatoms. The van der Waals surface area contributed by atoms with Crippen molar-refractivity contribution < 1.29 is 14.3 Å². The Morgan fingerprint density at radius 2 is 2.04 bits per heavy atom. The summed E-state index contributed by atoms with van der Waals surface area (Å²) in [6.07, 6.45) is 7.33. The van der Waals surface area contributed by atoms with Gasteiger partial charge in [0.15, 0.2) is 5.78 Å². The second-order valence-electron chi connectivity index (χ2n) is 8.37. The van der Waals surface area contributed by atoms with Crippen molar-refractivity contribution in [1.29, 1.82) is 0 Å². The van der Waals surface area contributed by atoms with Gasteiger partial charge in [-0.3, -0.25) is 4.79 Å². The van der Waals surface area contributed by atoms with Gasteiger partial charge in [0, 0.05) is 12.5 Å². The normalized spacial score (nSPS) is 37.1. The SMILES string of the molecule is C=C1C(=O)CCC2C1(C)CCC(C)C2(C)CCC(C)=CC(=O)OC. The van der Waals surface area contributed by atoms with Crippen LogP contribution in [0.25, 0.3) is 0 Å². The van der Waals surface area contributed by atoms with Crippen LogP contribution in [0.15, 0.2) is 23.8 Å². The van der Waals surface area contributed by atoms with Crippen LogP contribution in [-0.4, -0.2) is 18.9 Å². The van der Waals surface area contributed by atoms with Crippen LogP contribution in [0.4, 0.5) is 0 Å². The molecule has 4 atom stereocenters. The van der Waals surface area contributed by atoms with Gasteiger partial charge >= 0.3 is 5.97 Å². The van der Waals surface area contributed by atoms with Crippen molar-refractivity contribution >= 4 is 11.8 Å². The van der Waals surface area contributed by atoms with Crippen LogP contribution in [0.3, 0.4) is 0 Å². The number of hydrogen-bond acceptors (Lipinski definition) is 3. The maximum Gasteiger partial charge on any atom is 0.330 e. The molecule has 4 unspecified atom stereocenters. The molecular weight excluding hydrogens is 300 g/mol. The number of allylic oxidation sites excluding steroid dienone is 2. The van der Waals surface area contributed by atoms with E-state index in [1.165, 1.54) is 7.11 Å². The number of ether oxygens (including phenoxy) is 1. The molecular formula is C21H32O3. The standard InChI is InChI=1S/C21H32O3/c1-14(13-19(23)24-6)9-11-20(4)15(2)10-12-21(5)16(3)17(22)7-8-18(20)21/h13,15,18H,3,7-12H2,1-2,4-6H3. The number of esters is 1. The summed E-state index contributed by atoms with van der Waals surface area (Å²) in [4.78, 5) is 23.6. The quantitative estimate of drug-likeness (QED) is 0.545. The van der Waals surface area contributed by atoms with Crippen LogP contribution in [-0.2, 0) is 14.3 Å². The van der Waals surface area contributed by atoms with Crippen molar-refractivity contribution in [2.45, 2.75) is 66.2 Å². The van der Waals surface area contributed by atoms with Gasteiger partial charge in [0.1, 0.15) is 0 Å². The smallest absolute Gasteiger partial charge is 0.330 e. The van der Waals surface area contributed by atoms with Crippen molar-refractivity contribution in [3.63, 3.8) is 0 Å². The average molecular weight is 332 g/mol. The monoisotopic (exact) mass is 332 g/mol. The fraction of sp³-hybridized carbons (Fsp3) is 0.714. The molecule has 2 aliphatic carbocycles. The van der Waals surface area contributed by atoms with E-state index in [1.807, 2.05) is 6.92 Å². The molecule has 0 aromatic carbocycles. The lowest BCUT2D eigenvalue weighted by Gasteiger charge is -2.58. The summed E-state index contributed by atoms with van der Waals surface area (Å²) in [6, 6.07) is 0. The summed E-state index contributed by atoms with van der Waals surface area (Å²) >= 11 is 0. The van der Waals surface area contributed by atoms with Gasteiger partial charge in [0.2, 0.25) is 0 Å². The Morgan fingerprint density at radius 3 is 2.67 bits per heavy atom. The molecule has 24 heavy (non-hydrogen) atoms. The number of methoxy groups -OCH3 is 1. The lowest BCUT2D eigenvalue weighted by atomic mass is 9.46. The maximum absolute atomic E-state index is 12.2. The highest BCUT2D eigenvalue weighted by molar-refractivity contribution is 5.97. The van der Waals surface area contributed by atoms with Crippen molar-refractivity contribution in [3.8, 4) is 0 Å². The van der Waals surface area contributed by atoms with Crippen molar-refractivity contribution in [1.82, 2.24) is 0 Å². The molecule has 0 aromatic heterocycles. The van der Waals surface area contributed by atoms with Crippen molar-refractivity contribution in [3.05, 3.63) is 23.8 Å². The van der Waals surface area contributed by atoms with Gasteiger partial charge in [-0.05, 0) is 67.3 Å². The number of carbonyl (C=O) groups is 2. The number of rotatable bonds is 4. The van der Waals surface area contributed by atoms with E-state index in [2.05, 4.69) is 27.4 Å². The van der Waals surface area contributed by atoms with E-state index in [0.717, 1.165) is 43.3 Å². The molecule has 2 aliphatic rings. The Morgan fingerprint density at radius 1 is 1.38 bits per heavy atom. The lowest BCUT2D eigenvalue weighted by molar-refractivity contribution is -0.135. The second-order valence-corrected chi connectivity index (χ2v) is 8.37. The van der Waals surface area contributed by atoms with E-state index in [9.17, 15) is 9.59 Å². The van der Waals surface area contributed by atoms with Gasteiger partial charge < -0.3 is 4.74 Å². The van der Waals surface area contributed by atoms with Crippen LogP contribution in [0.1, 0.15) is 66.2 Å². The highest BCUT2D eigenvalue weighted by atomic mass is 16.5. The lowest BCUT2D eigenvalue weighted by Crippen LogP contribution is -2.52. The van der Waals surface area contributed by atoms with Gasteiger partial charge in [0.25, 0.3) is 0 Å². The van der Waals surface area contributed by atoms with Crippen LogP contribution in [0.5, 0.6) is 0 Å². The molecule has 3 nitrogen and oxygen atoms in total. The zero-order chi connectivity index (χ0) is 18.1. The molecule has 2 saturated carbocycles. The molecule has 0 heterocycles. The largest absolute Gasteiger partial charge is 0.466 e. The average Bonchev–Trinajstić information content (AvgIpc) is 2.54. The van der Waals surface area contributed by atoms with Crippen LogP contribution >= 0.6 is 0 Å². The van der Waals surface area contributed by atoms with E-state index in [4.69, 9.17) is 4.74 Å². The van der Waals surface area contributed by atoms with Gasteiger partial charge in [-0.2, -0.15) is 0 Å². The zero-order valence-electron chi connectivity index (χ0n) is 15.9. The predicted octanol–water partition coefficient (Wildman–Crippen LogP) is 4.86. The summed E-state index contributed by atoms with van der Waals surface area (Å²) in [7, 11) is 1.41. The fourth-order valence-electron chi connectivity index (χ4n) is 5.07.